The summed E-state index contributed by atoms with van der Waals surface area (Å²) in [5, 5.41) is 26.5. The Kier molecular flexibility index (Phi) is 9.76. The average Bonchev–Trinajstić information content (AvgIpc) is 2.96. The minimum Gasteiger partial charge on any atom is -0.481 e. The monoisotopic (exact) mass is 558 g/mol. The Morgan fingerprint density at radius 3 is 2.20 bits per heavy atom. The number of carboxylic acid groups (broad SMARTS) is 1. The highest BCUT2D eigenvalue weighted by atomic mass is 35.5. The normalized spacial score (nSPS) is 14.0. The van der Waals surface area contributed by atoms with Gasteiger partial charge in [-0.15, -0.1) is 0 Å². The molecule has 0 radical (unpaired) electrons. The van der Waals surface area contributed by atoms with Crippen LogP contribution in [-0.4, -0.2) is 29.6 Å². The van der Waals surface area contributed by atoms with Crippen LogP contribution >= 0.6 is 11.6 Å². The van der Waals surface area contributed by atoms with Crippen LogP contribution in [0.1, 0.15) is 83.1 Å². The minimum absolute atomic E-state index is 0.0347. The molecule has 0 saturated heterocycles. The molecule has 1 atom stereocenters. The number of rotatable bonds is 9. The molecule has 0 bridgehead atoms. The summed E-state index contributed by atoms with van der Waals surface area (Å²) in [6.07, 6.45) is 5.98. The molecule has 3 aromatic carbocycles. The predicted molar refractivity (Wildman–Crippen MR) is 153 cm³/mol. The third-order valence-corrected chi connectivity index (χ3v) is 7.41. The standard InChI is InChI=1S/C31H31ClN4O4/c32-27-18-26(15-14-25(27)19-33)35-31(40)36-29(22-8-6-21(7-9-22)20-4-2-1-3-5-20)23-10-12-24(13-11-23)30(39)34-17-16-28(37)38/h6-15,18,20,29H,1-5,16-17H2,(H,34,39)(H,37,38)(H2,35,36,40). The maximum Gasteiger partial charge on any atom is 0.319 e. The van der Waals surface area contributed by atoms with Gasteiger partial charge < -0.3 is 21.1 Å². The van der Waals surface area contributed by atoms with Crippen molar-refractivity contribution in [1.29, 1.82) is 5.26 Å². The Labute approximate surface area is 238 Å². The van der Waals surface area contributed by atoms with Gasteiger partial charge in [-0.3, -0.25) is 9.59 Å². The second-order valence-corrected chi connectivity index (χ2v) is 10.3. The maximum atomic E-state index is 13.1. The van der Waals surface area contributed by atoms with E-state index >= 15 is 0 Å². The molecule has 1 aliphatic rings. The number of hydrogen-bond acceptors (Lipinski definition) is 4. The van der Waals surface area contributed by atoms with Gasteiger partial charge in [-0.25, -0.2) is 4.79 Å². The SMILES string of the molecule is N#Cc1ccc(NC(=O)NC(c2ccc(C(=O)NCCC(=O)O)cc2)c2ccc(C3CCCCC3)cc2)cc1Cl. The highest BCUT2D eigenvalue weighted by Gasteiger charge is 2.20. The minimum atomic E-state index is -0.986. The number of carbonyl (C=O) groups is 3. The zero-order chi connectivity index (χ0) is 28.5. The lowest BCUT2D eigenvalue weighted by atomic mass is 9.83. The van der Waals surface area contributed by atoms with Gasteiger partial charge in [0.05, 0.1) is 23.0 Å². The molecular weight excluding hydrogens is 528 g/mol. The molecule has 1 unspecified atom stereocenters. The van der Waals surface area contributed by atoms with Gasteiger partial charge in [0.1, 0.15) is 6.07 Å². The Morgan fingerprint density at radius 1 is 0.950 bits per heavy atom. The number of nitriles is 1. The summed E-state index contributed by atoms with van der Waals surface area (Å²) < 4.78 is 0. The molecule has 1 aliphatic carbocycles. The second kappa shape index (κ2) is 13.6. The highest BCUT2D eigenvalue weighted by molar-refractivity contribution is 6.32. The number of carboxylic acids is 1. The largest absolute Gasteiger partial charge is 0.481 e. The summed E-state index contributed by atoms with van der Waals surface area (Å²) in [5.74, 6) is -0.803. The van der Waals surface area contributed by atoms with Crippen molar-refractivity contribution in [3.8, 4) is 6.07 Å². The molecule has 3 amide bonds. The Bertz CT molecular complexity index is 1390. The van der Waals surface area contributed by atoms with E-state index in [1.807, 2.05) is 18.2 Å². The van der Waals surface area contributed by atoms with Crippen molar-refractivity contribution in [1.82, 2.24) is 10.6 Å². The number of halogens is 1. The first-order valence-corrected chi connectivity index (χ1v) is 13.7. The van der Waals surface area contributed by atoms with Gasteiger partial charge in [0.25, 0.3) is 5.91 Å². The third-order valence-electron chi connectivity index (χ3n) is 7.10. The van der Waals surface area contributed by atoms with E-state index in [1.54, 1.807) is 36.4 Å². The molecular formula is C31H31ClN4O4. The molecule has 3 aromatic rings. The summed E-state index contributed by atoms with van der Waals surface area (Å²) in [7, 11) is 0. The second-order valence-electron chi connectivity index (χ2n) is 9.86. The number of urea groups is 1. The zero-order valence-corrected chi connectivity index (χ0v) is 22.7. The Hall–Kier alpha value is -4.35. The molecule has 206 valence electrons. The van der Waals surface area contributed by atoms with Crippen LogP contribution in [0, 0.1) is 11.3 Å². The molecule has 4 N–H and O–H groups in total. The number of carbonyl (C=O) groups excluding carboxylic acids is 2. The summed E-state index contributed by atoms with van der Waals surface area (Å²) in [5.41, 5.74) is 4.09. The van der Waals surface area contributed by atoms with E-state index in [4.69, 9.17) is 22.0 Å². The third kappa shape index (κ3) is 7.61. The lowest BCUT2D eigenvalue weighted by molar-refractivity contribution is -0.136. The van der Waals surface area contributed by atoms with Gasteiger partial charge >= 0.3 is 12.0 Å². The van der Waals surface area contributed by atoms with E-state index in [9.17, 15) is 14.4 Å². The molecule has 0 aliphatic heterocycles. The fraction of sp³-hybridized carbons (Fsp3) is 0.290. The van der Waals surface area contributed by atoms with Crippen molar-refractivity contribution in [2.75, 3.05) is 11.9 Å². The molecule has 4 rings (SSSR count). The fourth-order valence-corrected chi connectivity index (χ4v) is 5.17. The van der Waals surface area contributed by atoms with Gasteiger partial charge in [0, 0.05) is 17.8 Å². The first-order chi connectivity index (χ1) is 19.3. The zero-order valence-electron chi connectivity index (χ0n) is 22.0. The highest BCUT2D eigenvalue weighted by Crippen LogP contribution is 2.33. The summed E-state index contributed by atoms with van der Waals surface area (Å²) in [6.45, 7) is 0.0347. The average molecular weight is 559 g/mol. The number of nitrogens with one attached hydrogen (secondary N) is 3. The van der Waals surface area contributed by atoms with Gasteiger partial charge in [-0.1, -0.05) is 67.3 Å². The topological polar surface area (TPSA) is 131 Å². The Balaban J connectivity index is 1.54. The molecule has 0 heterocycles. The van der Waals surface area contributed by atoms with Crippen LogP contribution in [-0.2, 0) is 4.79 Å². The van der Waals surface area contributed by atoms with Crippen LogP contribution in [0.5, 0.6) is 0 Å². The summed E-state index contributed by atoms with van der Waals surface area (Å²) >= 11 is 6.12. The van der Waals surface area contributed by atoms with Crippen molar-refractivity contribution in [3.05, 3.63) is 99.6 Å². The predicted octanol–water partition coefficient (Wildman–Crippen LogP) is 6.37. The van der Waals surface area contributed by atoms with E-state index in [-0.39, 0.29) is 23.9 Å². The van der Waals surface area contributed by atoms with E-state index in [0.717, 1.165) is 11.1 Å². The molecule has 0 aromatic heterocycles. The van der Waals surface area contributed by atoms with Crippen LogP contribution in [0.2, 0.25) is 5.02 Å². The van der Waals surface area contributed by atoms with Crippen LogP contribution < -0.4 is 16.0 Å². The number of benzene rings is 3. The van der Waals surface area contributed by atoms with Crippen molar-refractivity contribution in [3.63, 3.8) is 0 Å². The van der Waals surface area contributed by atoms with Crippen LogP contribution in [0.3, 0.4) is 0 Å². The van der Waals surface area contributed by atoms with E-state index in [0.29, 0.717) is 22.7 Å². The quantitative estimate of drug-likeness (QED) is 0.242. The van der Waals surface area contributed by atoms with Crippen LogP contribution in [0.15, 0.2) is 66.7 Å². The number of hydrogen-bond donors (Lipinski definition) is 4. The van der Waals surface area contributed by atoms with Crippen molar-refractivity contribution in [2.45, 2.75) is 50.5 Å². The van der Waals surface area contributed by atoms with Crippen LogP contribution in [0.25, 0.3) is 0 Å². The van der Waals surface area contributed by atoms with E-state index < -0.39 is 18.0 Å². The maximum absolute atomic E-state index is 13.1. The van der Waals surface area contributed by atoms with Gasteiger partial charge in [-0.05, 0) is 65.8 Å². The lowest BCUT2D eigenvalue weighted by Crippen LogP contribution is -2.33. The van der Waals surface area contributed by atoms with Crippen molar-refractivity contribution in [2.24, 2.45) is 0 Å². The van der Waals surface area contributed by atoms with Gasteiger partial charge in [0.15, 0.2) is 0 Å². The Morgan fingerprint density at radius 2 is 1.60 bits per heavy atom. The van der Waals surface area contributed by atoms with Crippen molar-refractivity contribution < 1.29 is 19.5 Å². The number of amides is 3. The lowest BCUT2D eigenvalue weighted by Gasteiger charge is -2.24. The van der Waals surface area contributed by atoms with E-state index in [2.05, 4.69) is 28.1 Å². The van der Waals surface area contributed by atoms with E-state index in [1.165, 1.54) is 43.7 Å². The number of nitrogens with zero attached hydrogens (tertiary/aromatic N) is 1. The first kappa shape index (κ1) is 28.7. The van der Waals surface area contributed by atoms with Crippen molar-refractivity contribution >= 4 is 35.2 Å². The summed E-state index contributed by atoms with van der Waals surface area (Å²) in [6, 6.07) is 20.8. The molecule has 1 fully saturated rings. The molecule has 8 nitrogen and oxygen atoms in total. The smallest absolute Gasteiger partial charge is 0.319 e. The summed E-state index contributed by atoms with van der Waals surface area (Å²) in [4.78, 5) is 36.2. The number of anilines is 1. The van der Waals surface area contributed by atoms with Gasteiger partial charge in [-0.2, -0.15) is 5.26 Å². The molecule has 40 heavy (non-hydrogen) atoms. The molecule has 0 spiro atoms. The van der Waals surface area contributed by atoms with Gasteiger partial charge in [0.2, 0.25) is 0 Å². The molecule has 1 saturated carbocycles. The molecule has 9 heteroatoms. The van der Waals surface area contributed by atoms with Crippen LogP contribution in [0.4, 0.5) is 10.5 Å². The first-order valence-electron chi connectivity index (χ1n) is 13.3. The fourth-order valence-electron chi connectivity index (χ4n) is 4.95. The number of aliphatic carboxylic acids is 1.